The highest BCUT2D eigenvalue weighted by atomic mass is 16.3. The van der Waals surface area contributed by atoms with Crippen LogP contribution in [-0.4, -0.2) is 101 Å². The van der Waals surface area contributed by atoms with Crippen LogP contribution in [0.3, 0.4) is 0 Å². The lowest BCUT2D eigenvalue weighted by atomic mass is 9.66. The minimum atomic E-state index is -0.0683. The third-order valence-electron chi connectivity index (χ3n) is 29.7. The summed E-state index contributed by atoms with van der Waals surface area (Å²) in [6, 6.07) is 0. The lowest BCUT2D eigenvalue weighted by Gasteiger charge is -2.42. The molecule has 0 radical (unpaired) electrons. The molecule has 9 fully saturated rings. The SMILES string of the molecule is CCC1C(C)CC(O)C(C)C1C.CCC1C(O)CCCC1(C)C.CCC1CC(C)(C)CCC1O.CCC1CC(C)C(O)C(C)C1.CCC1CC(C)C(O)CC1C.CCC1CCC(C)(C)CC1O.CCC1CCC(O)C(C)C1C.CCC1CCCC(C)(C)C1O.CCC1CCCC(O)C1(C)C. The highest BCUT2D eigenvalue weighted by molar-refractivity contribution is 4.92. The molecule has 9 N–H and O–H groups in total. The van der Waals surface area contributed by atoms with Crippen LogP contribution in [0, 0.1) is 134 Å². The van der Waals surface area contributed by atoms with Crippen LogP contribution < -0.4 is 0 Å². The quantitative estimate of drug-likeness (QED) is 0.109. The average Bonchev–Trinajstić information content (AvgIpc) is 0.862. The summed E-state index contributed by atoms with van der Waals surface area (Å²) in [6.07, 6.45) is 35.9. The van der Waals surface area contributed by atoms with E-state index in [1.54, 1.807) is 0 Å². The van der Waals surface area contributed by atoms with Gasteiger partial charge in [-0.05, 0) is 256 Å². The first-order chi connectivity index (χ1) is 46.4. The first kappa shape index (κ1) is 97.7. The van der Waals surface area contributed by atoms with Crippen molar-refractivity contribution in [2.45, 2.75) is 448 Å². The molecule has 600 valence electrons. The van der Waals surface area contributed by atoms with Crippen LogP contribution in [0.1, 0.15) is 393 Å². The van der Waals surface area contributed by atoms with Gasteiger partial charge in [0.05, 0.1) is 54.9 Å². The Bertz CT molecular complexity index is 2030. The fourth-order valence-corrected chi connectivity index (χ4v) is 20.8. The molecule has 25 atom stereocenters. The predicted molar refractivity (Wildman–Crippen MR) is 431 cm³/mol. The maximum atomic E-state index is 9.90. The van der Waals surface area contributed by atoms with Crippen molar-refractivity contribution in [1.29, 1.82) is 0 Å². The van der Waals surface area contributed by atoms with E-state index in [0.717, 1.165) is 106 Å². The predicted octanol–water partition coefficient (Wildman–Crippen LogP) is 22.9. The van der Waals surface area contributed by atoms with Gasteiger partial charge < -0.3 is 46.0 Å². The van der Waals surface area contributed by atoms with Crippen molar-refractivity contribution in [3.05, 3.63) is 0 Å². The molecule has 9 saturated carbocycles. The number of rotatable bonds is 9. The Labute approximate surface area is 624 Å². The zero-order valence-corrected chi connectivity index (χ0v) is 72.0. The van der Waals surface area contributed by atoms with Gasteiger partial charge in [-0.1, -0.05) is 271 Å². The van der Waals surface area contributed by atoms with E-state index in [0.29, 0.717) is 87.3 Å². The normalized spacial score (nSPS) is 41.4. The van der Waals surface area contributed by atoms with E-state index in [1.165, 1.54) is 128 Å². The van der Waals surface area contributed by atoms with Crippen LogP contribution in [-0.2, 0) is 0 Å². The molecule has 0 amide bonds. The zero-order chi connectivity index (χ0) is 77.0. The Balaban J connectivity index is 0.000000563. The molecule has 0 aromatic carbocycles. The van der Waals surface area contributed by atoms with Crippen LogP contribution in [0.15, 0.2) is 0 Å². The second-order valence-corrected chi connectivity index (χ2v) is 39.6. The van der Waals surface area contributed by atoms with Gasteiger partial charge in [-0.15, -0.1) is 0 Å². The minimum Gasteiger partial charge on any atom is -0.393 e. The number of aliphatic hydroxyl groups is 9. The van der Waals surface area contributed by atoms with E-state index in [9.17, 15) is 46.0 Å². The van der Waals surface area contributed by atoms with Crippen molar-refractivity contribution in [2.75, 3.05) is 0 Å². The third-order valence-corrected chi connectivity index (χ3v) is 29.7. The second kappa shape index (κ2) is 46.9. The van der Waals surface area contributed by atoms with Gasteiger partial charge in [0.1, 0.15) is 0 Å². The van der Waals surface area contributed by atoms with Crippen LogP contribution in [0.4, 0.5) is 0 Å². The van der Waals surface area contributed by atoms with Gasteiger partial charge in [-0.2, -0.15) is 0 Å². The van der Waals surface area contributed by atoms with E-state index in [1.807, 2.05) is 0 Å². The Morgan fingerprint density at radius 3 is 1.27 bits per heavy atom. The molecule has 9 nitrogen and oxygen atoms in total. The smallest absolute Gasteiger partial charge is 0.0619 e. The van der Waals surface area contributed by atoms with Crippen molar-refractivity contribution in [3.8, 4) is 0 Å². The molecule has 0 spiro atoms. The van der Waals surface area contributed by atoms with Crippen molar-refractivity contribution in [2.24, 2.45) is 134 Å². The number of aliphatic hydroxyl groups excluding tert-OH is 9. The molecule has 0 bridgehead atoms. The first-order valence-electron chi connectivity index (χ1n) is 43.5. The van der Waals surface area contributed by atoms with Crippen molar-refractivity contribution in [3.63, 3.8) is 0 Å². The summed E-state index contributed by atoms with van der Waals surface area (Å²) in [4.78, 5) is 0. The first-order valence-corrected chi connectivity index (χ1v) is 43.5. The van der Waals surface area contributed by atoms with Crippen molar-refractivity contribution < 1.29 is 46.0 Å². The fourth-order valence-electron chi connectivity index (χ4n) is 20.8. The van der Waals surface area contributed by atoms with E-state index in [2.05, 4.69) is 194 Å². The second-order valence-electron chi connectivity index (χ2n) is 39.6. The van der Waals surface area contributed by atoms with Crippen LogP contribution in [0.5, 0.6) is 0 Å². The zero-order valence-electron chi connectivity index (χ0n) is 72.0. The van der Waals surface area contributed by atoms with Crippen LogP contribution in [0.25, 0.3) is 0 Å². The standard InChI is InChI=1S/C11H22O.8C10H20O/c1-5-10-7(2)6-11(12)9(4)8(10)3;1-4-9-5-8(3)10(11)6-7(9)2;1-4-9-5-7(2)10(11)8(3)6-9;1-4-8-7-10(2,3)6-5-9(8)11;1-4-8-5-6-10(2,3)7-9(8)11;1-4-8-9(11)6-5-7-10(8,2)3;1-4-8-6-5-7-10(2,3)9(8)11;1-4-8-6-5-7-9(11)10(8,2)3;1-4-9-5-6-10(11)8(3)7(9)2/h7-12H,5-6H2,1-4H3;2*7-11H,4-6H2,1-3H3;5*8-9,11H,4-7H2,1-3H3;7-11H,4-6H2,1-3H3. The molecule has 25 unspecified atom stereocenters. The lowest BCUT2D eigenvalue weighted by Crippen LogP contribution is -2.39. The molecule has 0 heterocycles. The molecule has 0 saturated heterocycles. The van der Waals surface area contributed by atoms with Gasteiger partial charge in [0.2, 0.25) is 0 Å². The highest BCUT2D eigenvalue weighted by Crippen LogP contribution is 2.47. The summed E-state index contributed by atoms with van der Waals surface area (Å²) in [5.74, 6) is 11.7. The molecule has 9 aliphatic rings. The Morgan fingerprint density at radius 2 is 0.810 bits per heavy atom. The summed E-state index contributed by atoms with van der Waals surface area (Å²) in [7, 11) is 0. The van der Waals surface area contributed by atoms with Crippen molar-refractivity contribution >= 4 is 0 Å². The maximum Gasteiger partial charge on any atom is 0.0619 e. The maximum absolute atomic E-state index is 9.90. The van der Waals surface area contributed by atoms with E-state index in [-0.39, 0.29) is 65.8 Å². The molecular formula is C91H182O9. The molecule has 0 aromatic heterocycles. The Kier molecular flexibility index (Phi) is 45.8. The molecule has 0 aromatic rings. The summed E-state index contributed by atoms with van der Waals surface area (Å²) in [5, 5.41) is 87.2. The van der Waals surface area contributed by atoms with Crippen molar-refractivity contribution in [1.82, 2.24) is 0 Å². The van der Waals surface area contributed by atoms with E-state index in [4.69, 9.17) is 0 Å². The Morgan fingerprint density at radius 1 is 0.300 bits per heavy atom. The molecular weight excluding hydrogens is 1240 g/mol. The van der Waals surface area contributed by atoms with Crippen LogP contribution in [0.2, 0.25) is 0 Å². The molecule has 9 aliphatic carbocycles. The number of hydrogen-bond donors (Lipinski definition) is 9. The highest BCUT2D eigenvalue weighted by Gasteiger charge is 2.42. The molecule has 9 heteroatoms. The van der Waals surface area contributed by atoms with Gasteiger partial charge >= 0.3 is 0 Å². The van der Waals surface area contributed by atoms with E-state index < -0.39 is 0 Å². The lowest BCUT2D eigenvalue weighted by molar-refractivity contribution is -0.0332. The monoisotopic (exact) mass is 1420 g/mol. The fraction of sp³-hybridized carbons (Fsp3) is 1.00. The summed E-state index contributed by atoms with van der Waals surface area (Å²) < 4.78 is 0. The van der Waals surface area contributed by atoms with Gasteiger partial charge in [-0.25, -0.2) is 0 Å². The van der Waals surface area contributed by atoms with Gasteiger partial charge in [0, 0.05) is 0 Å². The molecule has 9 rings (SSSR count). The van der Waals surface area contributed by atoms with Crippen LogP contribution >= 0.6 is 0 Å². The summed E-state index contributed by atoms with van der Waals surface area (Å²) in [6.45, 7) is 62.4. The van der Waals surface area contributed by atoms with E-state index >= 15 is 0 Å². The topological polar surface area (TPSA) is 182 Å². The van der Waals surface area contributed by atoms with Gasteiger partial charge in [0.25, 0.3) is 0 Å². The third kappa shape index (κ3) is 32.1. The summed E-state index contributed by atoms with van der Waals surface area (Å²) in [5.41, 5.74) is 1.54. The Hall–Kier alpha value is -0.360. The molecule has 0 aliphatic heterocycles. The number of hydrogen-bond acceptors (Lipinski definition) is 9. The largest absolute Gasteiger partial charge is 0.393 e. The van der Waals surface area contributed by atoms with Gasteiger partial charge in [-0.3, -0.25) is 0 Å². The van der Waals surface area contributed by atoms with Gasteiger partial charge in [0.15, 0.2) is 0 Å². The summed E-state index contributed by atoms with van der Waals surface area (Å²) >= 11 is 0. The average molecular weight is 1420 g/mol. The molecule has 100 heavy (non-hydrogen) atoms. The minimum absolute atomic E-state index is 0.0203.